The van der Waals surface area contributed by atoms with Crippen molar-refractivity contribution in [2.45, 2.75) is 26.7 Å². The fourth-order valence-electron chi connectivity index (χ4n) is 2.37. The lowest BCUT2D eigenvalue weighted by Gasteiger charge is -2.33. The summed E-state index contributed by atoms with van der Waals surface area (Å²) in [7, 11) is 0.0396. The van der Waals surface area contributed by atoms with Crippen molar-refractivity contribution in [1.82, 2.24) is 0 Å². The van der Waals surface area contributed by atoms with Crippen LogP contribution in [0.1, 0.15) is 18.1 Å². The molecule has 0 fully saturated rings. The van der Waals surface area contributed by atoms with Crippen molar-refractivity contribution in [3.05, 3.63) is 57.6 Å². The predicted octanol–water partition coefficient (Wildman–Crippen LogP) is 4.44. The molecule has 0 radical (unpaired) electrons. The number of rotatable bonds is 4. The number of anilines is 2. The summed E-state index contributed by atoms with van der Waals surface area (Å²) >= 11 is 12.3. The molecule has 0 amide bonds. The van der Waals surface area contributed by atoms with E-state index >= 15 is 0 Å². The molecule has 0 aliphatic heterocycles. The van der Waals surface area contributed by atoms with Crippen LogP contribution in [0.5, 0.6) is 0 Å². The predicted molar refractivity (Wildman–Crippen MR) is 93.3 cm³/mol. The summed E-state index contributed by atoms with van der Waals surface area (Å²) in [4.78, 5) is 2.09. The van der Waals surface area contributed by atoms with E-state index in [4.69, 9.17) is 23.2 Å². The largest absolute Gasteiger partial charge is 0.452 e. The fraction of sp³-hybridized carbons (Fsp3) is 0.250. The van der Waals surface area contributed by atoms with E-state index in [9.17, 15) is 5.02 Å². The molecule has 110 valence electrons. The maximum atomic E-state index is 9.64. The summed E-state index contributed by atoms with van der Waals surface area (Å²) < 4.78 is 0. The highest BCUT2D eigenvalue weighted by Crippen LogP contribution is 2.35. The van der Waals surface area contributed by atoms with Gasteiger partial charge in [-0.1, -0.05) is 35.3 Å². The number of benzene rings is 2. The second kappa shape index (κ2) is 6.74. The standard InChI is InChI=1S/C16H18BCl2NO/c1-10-4-6-13(18)8-15(10)20(12(3)17-21)16-9-14(19)7-5-11(16)2/h4-9,12,17,21H,1-3H3. The quantitative estimate of drug-likeness (QED) is 0.842. The maximum Gasteiger partial charge on any atom is 0.293 e. The molecule has 2 aromatic rings. The monoisotopic (exact) mass is 321 g/mol. The Labute approximate surface area is 136 Å². The molecule has 1 unspecified atom stereocenters. The first-order chi connectivity index (χ1) is 9.93. The Morgan fingerprint density at radius 2 is 1.38 bits per heavy atom. The minimum Gasteiger partial charge on any atom is -0.452 e. The van der Waals surface area contributed by atoms with Gasteiger partial charge in [0.2, 0.25) is 0 Å². The van der Waals surface area contributed by atoms with Crippen LogP contribution in [0.3, 0.4) is 0 Å². The molecule has 0 saturated carbocycles. The summed E-state index contributed by atoms with van der Waals surface area (Å²) in [5, 5.41) is 11.0. The fourth-order valence-corrected chi connectivity index (χ4v) is 2.70. The molecule has 2 nitrogen and oxygen atoms in total. The van der Waals surface area contributed by atoms with E-state index in [0.29, 0.717) is 10.0 Å². The van der Waals surface area contributed by atoms with Gasteiger partial charge in [0, 0.05) is 27.4 Å². The van der Waals surface area contributed by atoms with Gasteiger partial charge in [-0.25, -0.2) is 0 Å². The summed E-state index contributed by atoms with van der Waals surface area (Å²) in [6.45, 7) is 6.03. The average molecular weight is 322 g/mol. The zero-order valence-electron chi connectivity index (χ0n) is 12.4. The summed E-state index contributed by atoms with van der Waals surface area (Å²) in [6.07, 6.45) is 0. The second-order valence-electron chi connectivity index (χ2n) is 5.26. The lowest BCUT2D eigenvalue weighted by Crippen LogP contribution is -2.34. The van der Waals surface area contributed by atoms with Crippen molar-refractivity contribution in [3.8, 4) is 0 Å². The van der Waals surface area contributed by atoms with E-state index in [2.05, 4.69) is 4.90 Å². The van der Waals surface area contributed by atoms with E-state index in [1.54, 1.807) is 0 Å². The molecule has 2 aromatic carbocycles. The van der Waals surface area contributed by atoms with Crippen LogP contribution in [-0.4, -0.2) is 18.4 Å². The van der Waals surface area contributed by atoms with Crippen LogP contribution in [-0.2, 0) is 0 Å². The maximum absolute atomic E-state index is 9.64. The van der Waals surface area contributed by atoms with Gasteiger partial charge >= 0.3 is 0 Å². The molecule has 0 heterocycles. The number of halogens is 2. The van der Waals surface area contributed by atoms with Crippen LogP contribution in [0, 0.1) is 13.8 Å². The van der Waals surface area contributed by atoms with Crippen molar-refractivity contribution in [2.75, 3.05) is 4.90 Å². The topological polar surface area (TPSA) is 23.5 Å². The Balaban J connectivity index is 2.63. The Kier molecular flexibility index (Phi) is 5.20. The molecule has 0 aromatic heterocycles. The average Bonchev–Trinajstić information content (AvgIpc) is 2.46. The zero-order valence-corrected chi connectivity index (χ0v) is 13.9. The highest BCUT2D eigenvalue weighted by atomic mass is 35.5. The normalized spacial score (nSPS) is 12.1. The van der Waals surface area contributed by atoms with Crippen molar-refractivity contribution in [1.29, 1.82) is 0 Å². The third-order valence-electron chi connectivity index (χ3n) is 3.57. The molecule has 0 aliphatic rings. The Morgan fingerprint density at radius 1 is 0.952 bits per heavy atom. The first-order valence-corrected chi connectivity index (χ1v) is 7.62. The van der Waals surface area contributed by atoms with E-state index in [1.807, 2.05) is 57.2 Å². The van der Waals surface area contributed by atoms with Gasteiger partial charge in [-0.15, -0.1) is 0 Å². The number of nitrogens with zero attached hydrogens (tertiary/aromatic N) is 1. The Bertz CT molecular complexity index is 597. The minimum atomic E-state index is -0.0840. The lowest BCUT2D eigenvalue weighted by atomic mass is 9.87. The van der Waals surface area contributed by atoms with Crippen LogP contribution < -0.4 is 4.90 Å². The van der Waals surface area contributed by atoms with Crippen molar-refractivity contribution in [2.24, 2.45) is 0 Å². The van der Waals surface area contributed by atoms with Gasteiger partial charge in [-0.2, -0.15) is 0 Å². The summed E-state index contributed by atoms with van der Waals surface area (Å²) in [6, 6.07) is 11.5. The molecule has 1 atom stereocenters. The molecule has 0 bridgehead atoms. The molecule has 2 rings (SSSR count). The highest BCUT2D eigenvalue weighted by molar-refractivity contribution is 6.32. The number of hydrogen-bond donors (Lipinski definition) is 1. The Morgan fingerprint density at radius 3 is 1.76 bits per heavy atom. The van der Waals surface area contributed by atoms with Crippen molar-refractivity contribution >= 4 is 42.1 Å². The molecule has 5 heteroatoms. The third-order valence-corrected chi connectivity index (χ3v) is 4.04. The van der Waals surface area contributed by atoms with Crippen LogP contribution in [0.4, 0.5) is 11.4 Å². The van der Waals surface area contributed by atoms with Gasteiger partial charge < -0.3 is 9.92 Å². The zero-order chi connectivity index (χ0) is 15.6. The Hall–Kier alpha value is -1.16. The SMILES string of the molecule is Cc1ccc(Cl)cc1N(c1cc(Cl)ccc1C)C(C)BO. The van der Waals surface area contributed by atoms with E-state index in [0.717, 1.165) is 22.5 Å². The van der Waals surface area contributed by atoms with Crippen LogP contribution >= 0.6 is 23.2 Å². The smallest absolute Gasteiger partial charge is 0.293 e. The van der Waals surface area contributed by atoms with Gasteiger partial charge in [0.25, 0.3) is 7.48 Å². The molecule has 21 heavy (non-hydrogen) atoms. The summed E-state index contributed by atoms with van der Waals surface area (Å²) in [5.41, 5.74) is 4.15. The molecular formula is C16H18BCl2NO. The van der Waals surface area contributed by atoms with Crippen molar-refractivity contribution < 1.29 is 5.02 Å². The van der Waals surface area contributed by atoms with Gasteiger partial charge in [-0.05, 0) is 56.2 Å². The van der Waals surface area contributed by atoms with Crippen LogP contribution in [0.15, 0.2) is 36.4 Å². The molecule has 1 N–H and O–H groups in total. The van der Waals surface area contributed by atoms with Crippen LogP contribution in [0.25, 0.3) is 0 Å². The third kappa shape index (κ3) is 3.54. The van der Waals surface area contributed by atoms with Gasteiger partial charge in [-0.3, -0.25) is 0 Å². The molecular weight excluding hydrogens is 304 g/mol. The minimum absolute atomic E-state index is 0.0396. The van der Waals surface area contributed by atoms with Gasteiger partial charge in [0.1, 0.15) is 0 Å². The number of aryl methyl sites for hydroxylation is 2. The van der Waals surface area contributed by atoms with E-state index in [1.165, 1.54) is 0 Å². The van der Waals surface area contributed by atoms with Gasteiger partial charge in [0.15, 0.2) is 0 Å². The van der Waals surface area contributed by atoms with E-state index < -0.39 is 0 Å². The number of hydrogen-bond acceptors (Lipinski definition) is 2. The second-order valence-corrected chi connectivity index (χ2v) is 6.14. The van der Waals surface area contributed by atoms with Gasteiger partial charge in [0.05, 0.1) is 0 Å². The molecule has 0 aliphatic carbocycles. The lowest BCUT2D eigenvalue weighted by molar-refractivity contribution is 0.583. The van der Waals surface area contributed by atoms with Crippen LogP contribution in [0.2, 0.25) is 10.0 Å². The molecule has 0 spiro atoms. The van der Waals surface area contributed by atoms with Crippen molar-refractivity contribution in [3.63, 3.8) is 0 Å². The van der Waals surface area contributed by atoms with E-state index in [-0.39, 0.29) is 13.4 Å². The first-order valence-electron chi connectivity index (χ1n) is 6.86. The molecule has 0 saturated heterocycles. The summed E-state index contributed by atoms with van der Waals surface area (Å²) in [5.74, 6) is -0.0840. The first kappa shape index (κ1) is 16.2. The highest BCUT2D eigenvalue weighted by Gasteiger charge is 2.21.